The largest absolute Gasteiger partial charge is 0.445 e. The van der Waals surface area contributed by atoms with Gasteiger partial charge in [0.25, 0.3) is 0 Å². The molecule has 0 aliphatic heterocycles. The Morgan fingerprint density at radius 3 is 3.22 bits per heavy atom. The highest BCUT2D eigenvalue weighted by atomic mass is 19.1. The van der Waals surface area contributed by atoms with Crippen LogP contribution in [0.3, 0.4) is 0 Å². The molecule has 0 aromatic carbocycles. The van der Waals surface area contributed by atoms with Crippen LogP contribution < -0.4 is 4.74 Å². The molecule has 1 rings (SSSR count). The van der Waals surface area contributed by atoms with Crippen LogP contribution in [0.5, 0.6) is 5.88 Å². The Bertz CT molecular complexity index is 168. The molecule has 0 saturated heterocycles. The summed E-state index contributed by atoms with van der Waals surface area (Å²) in [6.07, 6.45) is 5.03. The molecule has 1 aromatic heterocycles. The molecule has 47 valence electrons. The zero-order valence-corrected chi connectivity index (χ0v) is 4.54. The Morgan fingerprint density at radius 1 is 1.78 bits per heavy atom. The molecule has 0 bridgehead atoms. The van der Waals surface area contributed by atoms with Gasteiger partial charge < -0.3 is 4.74 Å². The normalized spacial score (nSPS) is 9.00. The van der Waals surface area contributed by atoms with Gasteiger partial charge in [0.2, 0.25) is 12.7 Å². The van der Waals surface area contributed by atoms with Gasteiger partial charge in [-0.2, -0.15) is 0 Å². The van der Waals surface area contributed by atoms with Crippen molar-refractivity contribution in [3.05, 3.63) is 18.6 Å². The number of halogens is 1. The molecule has 0 spiro atoms. The van der Waals surface area contributed by atoms with Crippen molar-refractivity contribution < 1.29 is 9.13 Å². The maximum absolute atomic E-state index is 11.4. The Balaban J connectivity index is 2.61. The Kier molecular flexibility index (Phi) is 1.95. The summed E-state index contributed by atoms with van der Waals surface area (Å²) in [5, 5.41) is 0. The summed E-state index contributed by atoms with van der Waals surface area (Å²) in [5.74, 6) is 0.177. The van der Waals surface area contributed by atoms with Crippen LogP contribution in [-0.2, 0) is 0 Å². The average molecular weight is 127 g/mol. The van der Waals surface area contributed by atoms with Crippen molar-refractivity contribution in [1.29, 1.82) is 0 Å². The maximum Gasteiger partial charge on any atom is 0.234 e. The molecular weight excluding hydrogens is 123 g/mol. The van der Waals surface area contributed by atoms with E-state index in [-0.39, 0.29) is 5.88 Å². The maximum atomic E-state index is 11.4. The van der Waals surface area contributed by atoms with E-state index in [9.17, 15) is 4.39 Å². The van der Waals surface area contributed by atoms with Gasteiger partial charge in [-0.1, -0.05) is 0 Å². The molecule has 1 heterocycles. The molecule has 0 saturated carbocycles. The lowest BCUT2D eigenvalue weighted by molar-refractivity contribution is 0.184. The standard InChI is InChI=1S/C5H4FN2O/c6-4-9-5-3-7-1-2-8-5/h2-3H,4H2. The van der Waals surface area contributed by atoms with Crippen LogP contribution in [0.25, 0.3) is 0 Å². The number of hydrogen-bond acceptors (Lipinski definition) is 3. The summed E-state index contributed by atoms with van der Waals surface area (Å²) in [7, 11) is 0. The Labute approximate surface area is 51.5 Å². The first-order valence-corrected chi connectivity index (χ1v) is 2.30. The molecule has 4 heteroatoms. The van der Waals surface area contributed by atoms with Gasteiger partial charge in [-0.3, -0.25) is 0 Å². The monoisotopic (exact) mass is 127 g/mol. The number of hydrogen-bond donors (Lipinski definition) is 0. The van der Waals surface area contributed by atoms with Gasteiger partial charge >= 0.3 is 0 Å². The number of rotatable bonds is 2. The molecular formula is C5H4FN2O. The van der Waals surface area contributed by atoms with Crippen molar-refractivity contribution in [3.8, 4) is 5.88 Å². The van der Waals surface area contributed by atoms with Crippen molar-refractivity contribution >= 4 is 0 Å². The fraction of sp³-hybridized carbons (Fsp3) is 0.200. The average Bonchev–Trinajstić information content (AvgIpc) is 1.91. The minimum atomic E-state index is -0.876. The molecule has 0 fully saturated rings. The minimum absolute atomic E-state index is 0.177. The van der Waals surface area contributed by atoms with Gasteiger partial charge in [-0.25, -0.2) is 14.4 Å². The van der Waals surface area contributed by atoms with Crippen molar-refractivity contribution in [2.24, 2.45) is 0 Å². The van der Waals surface area contributed by atoms with Crippen LogP contribution >= 0.6 is 0 Å². The molecule has 0 aliphatic rings. The highest BCUT2D eigenvalue weighted by Crippen LogP contribution is 1.98. The minimum Gasteiger partial charge on any atom is -0.445 e. The second-order valence-electron chi connectivity index (χ2n) is 1.24. The summed E-state index contributed by atoms with van der Waals surface area (Å²) >= 11 is 0. The van der Waals surface area contributed by atoms with Crippen molar-refractivity contribution in [3.63, 3.8) is 0 Å². The first-order valence-electron chi connectivity index (χ1n) is 2.30. The second-order valence-corrected chi connectivity index (χ2v) is 1.24. The first kappa shape index (κ1) is 5.94. The fourth-order valence-electron chi connectivity index (χ4n) is 0.382. The van der Waals surface area contributed by atoms with Crippen molar-refractivity contribution in [2.75, 3.05) is 6.86 Å². The topological polar surface area (TPSA) is 35.0 Å². The van der Waals surface area contributed by atoms with E-state index in [0.717, 1.165) is 0 Å². The van der Waals surface area contributed by atoms with E-state index in [2.05, 4.69) is 20.9 Å². The first-order chi connectivity index (χ1) is 4.43. The molecule has 0 unspecified atom stereocenters. The lowest BCUT2D eigenvalue weighted by atomic mass is 10.7. The molecule has 9 heavy (non-hydrogen) atoms. The number of ether oxygens (including phenoxy) is 1. The van der Waals surface area contributed by atoms with Crippen LogP contribution in [0.2, 0.25) is 0 Å². The van der Waals surface area contributed by atoms with Crippen LogP contribution in [0.4, 0.5) is 4.39 Å². The van der Waals surface area contributed by atoms with Crippen LogP contribution in [0.1, 0.15) is 0 Å². The van der Waals surface area contributed by atoms with Gasteiger partial charge in [0.05, 0.1) is 12.4 Å². The van der Waals surface area contributed by atoms with Gasteiger partial charge in [0, 0.05) is 0 Å². The van der Waals surface area contributed by atoms with Crippen LogP contribution in [0.15, 0.2) is 12.4 Å². The summed E-state index contributed by atoms with van der Waals surface area (Å²) in [6.45, 7) is -0.876. The third-order valence-electron chi connectivity index (χ3n) is 0.701. The fourth-order valence-corrected chi connectivity index (χ4v) is 0.382. The Morgan fingerprint density at radius 2 is 2.67 bits per heavy atom. The van der Waals surface area contributed by atoms with Gasteiger partial charge in [0.1, 0.15) is 6.20 Å². The smallest absolute Gasteiger partial charge is 0.234 e. The van der Waals surface area contributed by atoms with Crippen LogP contribution in [0, 0.1) is 6.20 Å². The molecule has 1 aromatic rings. The molecule has 1 radical (unpaired) electrons. The van der Waals surface area contributed by atoms with Crippen molar-refractivity contribution in [1.82, 2.24) is 9.97 Å². The molecule has 0 atom stereocenters. The quantitative estimate of drug-likeness (QED) is 0.583. The highest BCUT2D eigenvalue weighted by molar-refractivity contribution is 4.99. The van der Waals surface area contributed by atoms with E-state index in [4.69, 9.17) is 0 Å². The predicted molar refractivity (Wildman–Crippen MR) is 27.5 cm³/mol. The predicted octanol–water partition coefficient (Wildman–Crippen LogP) is 0.583. The van der Waals surface area contributed by atoms with E-state index >= 15 is 0 Å². The van der Waals surface area contributed by atoms with E-state index in [1.165, 1.54) is 12.4 Å². The summed E-state index contributed by atoms with van der Waals surface area (Å²) in [4.78, 5) is 7.11. The lowest BCUT2D eigenvalue weighted by Crippen LogP contribution is -1.92. The van der Waals surface area contributed by atoms with Gasteiger partial charge in [-0.05, 0) is 0 Å². The summed E-state index contributed by atoms with van der Waals surface area (Å²) in [5.41, 5.74) is 0. The molecule has 0 amide bonds. The third-order valence-corrected chi connectivity index (χ3v) is 0.701. The van der Waals surface area contributed by atoms with E-state index in [0.29, 0.717) is 0 Å². The Hall–Kier alpha value is -1.19. The summed E-state index contributed by atoms with van der Waals surface area (Å²) < 4.78 is 15.7. The highest BCUT2D eigenvalue weighted by Gasteiger charge is 1.88. The van der Waals surface area contributed by atoms with Crippen molar-refractivity contribution in [2.45, 2.75) is 0 Å². The number of nitrogens with zero attached hydrogens (tertiary/aromatic N) is 2. The second kappa shape index (κ2) is 2.96. The summed E-state index contributed by atoms with van der Waals surface area (Å²) in [6, 6.07) is 0. The van der Waals surface area contributed by atoms with E-state index in [1.54, 1.807) is 0 Å². The molecule has 0 N–H and O–H groups in total. The molecule has 0 aliphatic carbocycles. The SMILES string of the molecule is FCOc1cn[c]cn1. The number of aromatic nitrogens is 2. The third kappa shape index (κ3) is 1.64. The van der Waals surface area contributed by atoms with Crippen LogP contribution in [-0.4, -0.2) is 16.8 Å². The van der Waals surface area contributed by atoms with Gasteiger partial charge in [0.15, 0.2) is 0 Å². The zero-order valence-electron chi connectivity index (χ0n) is 4.54. The lowest BCUT2D eigenvalue weighted by Gasteiger charge is -1.94. The molecule has 3 nitrogen and oxygen atoms in total. The van der Waals surface area contributed by atoms with E-state index in [1.807, 2.05) is 0 Å². The number of alkyl halides is 1. The van der Waals surface area contributed by atoms with Gasteiger partial charge in [-0.15, -0.1) is 0 Å². The van der Waals surface area contributed by atoms with E-state index < -0.39 is 6.86 Å². The zero-order chi connectivity index (χ0) is 6.53.